The van der Waals surface area contributed by atoms with E-state index < -0.39 is 10.7 Å². The van der Waals surface area contributed by atoms with Gasteiger partial charge in [0.1, 0.15) is 11.5 Å². The average Bonchev–Trinajstić information content (AvgIpc) is 2.74. The summed E-state index contributed by atoms with van der Waals surface area (Å²) in [6.07, 6.45) is 0. The van der Waals surface area contributed by atoms with Crippen molar-refractivity contribution >= 4 is 22.7 Å². The van der Waals surface area contributed by atoms with Gasteiger partial charge in [0.15, 0.2) is 0 Å². The van der Waals surface area contributed by atoms with E-state index in [4.69, 9.17) is 0 Å². The topological polar surface area (TPSA) is 59.3 Å². The van der Waals surface area contributed by atoms with Gasteiger partial charge in [-0.2, -0.15) is 0 Å². The molecule has 0 saturated carbocycles. The van der Waals surface area contributed by atoms with Gasteiger partial charge in [-0.3, -0.25) is 10.1 Å². The van der Waals surface area contributed by atoms with Crippen LogP contribution in [0.25, 0.3) is 0 Å². The third-order valence-electron chi connectivity index (χ3n) is 2.61. The number of nitro benzene ring substituents is 1. The fraction of sp³-hybridized carbons (Fsp3) is 0.250. The summed E-state index contributed by atoms with van der Waals surface area (Å²) in [6, 6.07) is 3.55. The van der Waals surface area contributed by atoms with Crippen LogP contribution in [0.15, 0.2) is 23.6 Å². The maximum absolute atomic E-state index is 13.1. The maximum Gasteiger partial charge on any atom is 0.295 e. The number of aryl methyl sites for hydroxylation is 1. The Bertz CT molecular complexity index is 615. The zero-order chi connectivity index (χ0) is 14.0. The van der Waals surface area contributed by atoms with Gasteiger partial charge in [-0.1, -0.05) is 0 Å². The van der Waals surface area contributed by atoms with Crippen LogP contribution >= 0.6 is 11.3 Å². The molecular weight excluding hydrogens is 269 g/mol. The van der Waals surface area contributed by atoms with Crippen molar-refractivity contribution in [3.8, 4) is 0 Å². The molecule has 0 aliphatic rings. The van der Waals surface area contributed by atoms with E-state index in [0.717, 1.165) is 16.8 Å². The van der Waals surface area contributed by atoms with Crippen LogP contribution in [0.5, 0.6) is 0 Å². The molecule has 0 atom stereocenters. The van der Waals surface area contributed by atoms with Crippen LogP contribution in [0.3, 0.4) is 0 Å². The minimum absolute atomic E-state index is 0.241. The molecule has 19 heavy (non-hydrogen) atoms. The van der Waals surface area contributed by atoms with Crippen LogP contribution in [0, 0.1) is 22.9 Å². The molecule has 1 aromatic heterocycles. The second-order valence-corrected chi connectivity index (χ2v) is 5.17. The molecule has 2 rings (SSSR count). The van der Waals surface area contributed by atoms with E-state index in [1.165, 1.54) is 23.5 Å². The highest BCUT2D eigenvalue weighted by atomic mass is 32.1. The van der Waals surface area contributed by atoms with Crippen LogP contribution in [0.2, 0.25) is 0 Å². The Labute approximate surface area is 113 Å². The van der Waals surface area contributed by atoms with Crippen molar-refractivity contribution < 1.29 is 9.31 Å². The van der Waals surface area contributed by atoms with Crippen molar-refractivity contribution in [2.75, 3.05) is 11.9 Å². The first-order valence-corrected chi connectivity index (χ1v) is 6.41. The maximum atomic E-state index is 13.1. The first kappa shape index (κ1) is 13.4. The van der Waals surface area contributed by atoms with Gasteiger partial charge >= 0.3 is 0 Å². The number of hydrogen-bond acceptors (Lipinski definition) is 5. The number of halogens is 1. The lowest BCUT2D eigenvalue weighted by atomic mass is 10.2. The third-order valence-corrected chi connectivity index (χ3v) is 3.43. The van der Waals surface area contributed by atoms with Gasteiger partial charge in [-0.25, -0.2) is 9.37 Å². The molecule has 0 bridgehead atoms. The molecule has 1 aromatic carbocycles. The zero-order valence-corrected chi connectivity index (χ0v) is 11.3. The highest BCUT2D eigenvalue weighted by Crippen LogP contribution is 2.29. The van der Waals surface area contributed by atoms with Crippen molar-refractivity contribution in [2.45, 2.75) is 13.5 Å². The Morgan fingerprint density at radius 2 is 2.26 bits per heavy atom. The molecule has 0 amide bonds. The van der Waals surface area contributed by atoms with E-state index in [0.29, 0.717) is 12.2 Å². The average molecular weight is 281 g/mol. The van der Waals surface area contributed by atoms with E-state index in [2.05, 4.69) is 4.98 Å². The molecule has 1 heterocycles. The Balaban J connectivity index is 2.28. The normalized spacial score (nSPS) is 10.5. The number of hydrogen-bond donors (Lipinski definition) is 0. The number of thiazole rings is 1. The van der Waals surface area contributed by atoms with E-state index >= 15 is 0 Å². The summed E-state index contributed by atoms with van der Waals surface area (Å²) < 4.78 is 13.1. The predicted molar refractivity (Wildman–Crippen MR) is 72.0 cm³/mol. The van der Waals surface area contributed by atoms with Gasteiger partial charge in [0, 0.05) is 12.4 Å². The van der Waals surface area contributed by atoms with Crippen molar-refractivity contribution in [1.82, 2.24) is 4.98 Å². The first-order chi connectivity index (χ1) is 8.97. The Morgan fingerprint density at radius 3 is 2.84 bits per heavy atom. The molecule has 0 N–H and O–H groups in total. The summed E-state index contributed by atoms with van der Waals surface area (Å²) in [4.78, 5) is 16.3. The fourth-order valence-corrected chi connectivity index (χ4v) is 2.38. The number of aromatic nitrogens is 1. The van der Waals surface area contributed by atoms with Gasteiger partial charge in [-0.15, -0.1) is 11.3 Å². The van der Waals surface area contributed by atoms with Crippen LogP contribution in [-0.4, -0.2) is 17.0 Å². The van der Waals surface area contributed by atoms with Crippen molar-refractivity contribution in [2.24, 2.45) is 0 Å². The number of nitro groups is 1. The standard InChI is InChI=1S/C12H12FN3O2S/c1-8-14-10(7-19-8)6-15(2)11-4-3-9(13)5-12(11)16(17)18/h3-5,7H,6H2,1-2H3. The van der Waals surface area contributed by atoms with E-state index in [1.54, 1.807) is 11.9 Å². The Kier molecular flexibility index (Phi) is 3.75. The predicted octanol–water partition coefficient (Wildman–Crippen LogP) is 3.14. The van der Waals surface area contributed by atoms with Crippen molar-refractivity contribution in [3.63, 3.8) is 0 Å². The monoisotopic (exact) mass is 281 g/mol. The molecule has 0 spiro atoms. The van der Waals surface area contributed by atoms with Gasteiger partial charge in [-0.05, 0) is 19.1 Å². The number of benzene rings is 1. The van der Waals surface area contributed by atoms with Crippen LogP contribution < -0.4 is 4.90 Å². The summed E-state index contributed by atoms with van der Waals surface area (Å²) in [7, 11) is 1.72. The molecule has 0 unspecified atom stereocenters. The van der Waals surface area contributed by atoms with Gasteiger partial charge in [0.25, 0.3) is 5.69 Å². The minimum atomic E-state index is -0.617. The zero-order valence-electron chi connectivity index (χ0n) is 10.5. The van der Waals surface area contributed by atoms with E-state index in [-0.39, 0.29) is 5.69 Å². The van der Waals surface area contributed by atoms with Crippen LogP contribution in [0.4, 0.5) is 15.8 Å². The second-order valence-electron chi connectivity index (χ2n) is 4.10. The lowest BCUT2D eigenvalue weighted by Gasteiger charge is -2.17. The summed E-state index contributed by atoms with van der Waals surface area (Å²) in [5.41, 5.74) is 0.968. The van der Waals surface area contributed by atoms with Crippen LogP contribution in [-0.2, 0) is 6.54 Å². The molecule has 5 nitrogen and oxygen atoms in total. The highest BCUT2D eigenvalue weighted by Gasteiger charge is 2.18. The van der Waals surface area contributed by atoms with Crippen molar-refractivity contribution in [3.05, 3.63) is 50.2 Å². The largest absolute Gasteiger partial charge is 0.363 e. The molecule has 0 aliphatic heterocycles. The minimum Gasteiger partial charge on any atom is -0.363 e. The molecule has 0 radical (unpaired) electrons. The summed E-state index contributed by atoms with van der Waals surface area (Å²) >= 11 is 1.52. The number of anilines is 1. The summed E-state index contributed by atoms with van der Waals surface area (Å²) in [6.45, 7) is 2.34. The fourth-order valence-electron chi connectivity index (χ4n) is 1.77. The van der Waals surface area contributed by atoms with Gasteiger partial charge < -0.3 is 4.90 Å². The third kappa shape index (κ3) is 3.05. The van der Waals surface area contributed by atoms with Crippen LogP contribution in [0.1, 0.15) is 10.7 Å². The summed E-state index contributed by atoms with van der Waals surface area (Å²) in [5.74, 6) is -0.617. The second kappa shape index (κ2) is 5.31. The molecule has 2 aromatic rings. The summed E-state index contributed by atoms with van der Waals surface area (Å²) in [5, 5.41) is 13.8. The van der Waals surface area contributed by atoms with E-state index in [1.807, 2.05) is 12.3 Å². The highest BCUT2D eigenvalue weighted by molar-refractivity contribution is 7.09. The number of nitrogens with zero attached hydrogens (tertiary/aromatic N) is 3. The number of rotatable bonds is 4. The molecule has 0 aliphatic carbocycles. The van der Waals surface area contributed by atoms with Gasteiger partial charge in [0.2, 0.25) is 0 Å². The lowest BCUT2D eigenvalue weighted by molar-refractivity contribution is -0.384. The van der Waals surface area contributed by atoms with E-state index in [9.17, 15) is 14.5 Å². The molecule has 0 saturated heterocycles. The molecular formula is C12H12FN3O2S. The first-order valence-electron chi connectivity index (χ1n) is 5.53. The lowest BCUT2D eigenvalue weighted by Crippen LogP contribution is -2.18. The Hall–Kier alpha value is -2.02. The molecule has 0 fully saturated rings. The smallest absolute Gasteiger partial charge is 0.295 e. The molecule has 7 heteroatoms. The van der Waals surface area contributed by atoms with Gasteiger partial charge in [0.05, 0.1) is 28.2 Å². The Morgan fingerprint density at radius 1 is 1.53 bits per heavy atom. The quantitative estimate of drug-likeness (QED) is 0.638. The van der Waals surface area contributed by atoms with Crippen molar-refractivity contribution in [1.29, 1.82) is 0 Å². The SMILES string of the molecule is Cc1nc(CN(C)c2ccc(F)cc2[N+](=O)[O-])cs1. The molecule has 100 valence electrons.